The quantitative estimate of drug-likeness (QED) is 0.660. The predicted octanol–water partition coefficient (Wildman–Crippen LogP) is 1.18. The van der Waals surface area contributed by atoms with Crippen molar-refractivity contribution in [3.63, 3.8) is 0 Å². The maximum Gasteiger partial charge on any atom is 0.326 e. The second-order valence-corrected chi connectivity index (χ2v) is 4.97. The summed E-state index contributed by atoms with van der Waals surface area (Å²) in [4.78, 5) is 34.7. The zero-order valence-corrected chi connectivity index (χ0v) is 13.1. The maximum atomic E-state index is 11.1. The molecule has 0 aliphatic rings. The first-order valence-corrected chi connectivity index (χ1v) is 7.18. The molecule has 2 amide bonds. The molecule has 0 bridgehead atoms. The Morgan fingerprint density at radius 3 is 2.43 bits per heavy atom. The SMILES string of the molecule is CC(=O)N[C@@H](Cc1c[nH]c2ccccc12)C(=O)O.CCC(N)=O. The van der Waals surface area contributed by atoms with Crippen LogP contribution in [0.15, 0.2) is 30.5 Å². The minimum absolute atomic E-state index is 0.245. The fourth-order valence-corrected chi connectivity index (χ4v) is 1.97. The molecule has 0 fully saturated rings. The topological polar surface area (TPSA) is 125 Å². The first kappa shape index (κ1) is 18.2. The summed E-state index contributed by atoms with van der Waals surface area (Å²) in [7, 11) is 0. The lowest BCUT2D eigenvalue weighted by molar-refractivity contribution is -0.141. The molecule has 2 rings (SSSR count). The number of primary amides is 1. The van der Waals surface area contributed by atoms with Gasteiger partial charge in [-0.15, -0.1) is 0 Å². The second kappa shape index (κ2) is 8.57. The summed E-state index contributed by atoms with van der Waals surface area (Å²) in [5.41, 5.74) is 6.49. The summed E-state index contributed by atoms with van der Waals surface area (Å²) in [6.45, 7) is 3.04. The van der Waals surface area contributed by atoms with Crippen LogP contribution in [0.5, 0.6) is 0 Å². The standard InChI is InChI=1S/C13H14N2O3.C3H7NO/c1-8(16)15-12(13(17)18)6-9-7-14-11-5-3-2-4-10(9)11;1-2-3(4)5/h2-5,7,12,14H,6H2,1H3,(H,15,16)(H,17,18);2H2,1H3,(H2,4,5)/t12-;/m0./s1. The number of hydrogen-bond donors (Lipinski definition) is 4. The van der Waals surface area contributed by atoms with Crippen molar-refractivity contribution in [3.8, 4) is 0 Å². The molecular formula is C16H21N3O4. The van der Waals surface area contributed by atoms with E-state index >= 15 is 0 Å². The number of aromatic amines is 1. The number of nitrogens with one attached hydrogen (secondary N) is 2. The van der Waals surface area contributed by atoms with E-state index in [1.807, 2.05) is 24.3 Å². The summed E-state index contributed by atoms with van der Waals surface area (Å²) in [5, 5.41) is 12.5. The molecule has 0 unspecified atom stereocenters. The van der Waals surface area contributed by atoms with Crippen molar-refractivity contribution in [2.24, 2.45) is 5.73 Å². The highest BCUT2D eigenvalue weighted by atomic mass is 16.4. The van der Waals surface area contributed by atoms with E-state index in [1.165, 1.54) is 6.92 Å². The van der Waals surface area contributed by atoms with Crippen LogP contribution in [0.25, 0.3) is 10.9 Å². The lowest BCUT2D eigenvalue weighted by Crippen LogP contribution is -2.41. The highest BCUT2D eigenvalue weighted by Crippen LogP contribution is 2.19. The van der Waals surface area contributed by atoms with Gasteiger partial charge in [0.2, 0.25) is 11.8 Å². The number of H-pyrrole nitrogens is 1. The molecule has 0 saturated heterocycles. The van der Waals surface area contributed by atoms with Gasteiger partial charge in [-0.3, -0.25) is 9.59 Å². The summed E-state index contributed by atoms with van der Waals surface area (Å²) in [6.07, 6.45) is 2.49. The summed E-state index contributed by atoms with van der Waals surface area (Å²) >= 11 is 0. The van der Waals surface area contributed by atoms with Gasteiger partial charge in [-0.05, 0) is 11.6 Å². The molecule has 7 heteroatoms. The number of carbonyl (C=O) groups excluding carboxylic acids is 2. The Bertz CT molecular complexity index is 693. The van der Waals surface area contributed by atoms with Crippen LogP contribution in [0.3, 0.4) is 0 Å². The van der Waals surface area contributed by atoms with E-state index in [0.717, 1.165) is 16.5 Å². The highest BCUT2D eigenvalue weighted by Gasteiger charge is 2.20. The second-order valence-electron chi connectivity index (χ2n) is 4.97. The van der Waals surface area contributed by atoms with E-state index in [2.05, 4.69) is 16.0 Å². The number of para-hydroxylation sites is 1. The van der Waals surface area contributed by atoms with E-state index in [-0.39, 0.29) is 18.2 Å². The van der Waals surface area contributed by atoms with Crippen LogP contribution >= 0.6 is 0 Å². The van der Waals surface area contributed by atoms with Crippen LogP contribution in [0.1, 0.15) is 25.8 Å². The zero-order chi connectivity index (χ0) is 17.4. The number of carbonyl (C=O) groups is 3. The van der Waals surface area contributed by atoms with Gasteiger partial charge in [0.15, 0.2) is 0 Å². The molecule has 2 aromatic rings. The van der Waals surface area contributed by atoms with Crippen LogP contribution in [0.2, 0.25) is 0 Å². The van der Waals surface area contributed by atoms with Crippen LogP contribution < -0.4 is 11.1 Å². The number of aliphatic carboxylic acids is 1. The van der Waals surface area contributed by atoms with Crippen LogP contribution in [0.4, 0.5) is 0 Å². The van der Waals surface area contributed by atoms with Gasteiger partial charge in [-0.1, -0.05) is 25.1 Å². The first-order chi connectivity index (χ1) is 10.8. The predicted molar refractivity (Wildman–Crippen MR) is 86.7 cm³/mol. The average Bonchev–Trinajstić information content (AvgIpc) is 2.90. The normalized spacial score (nSPS) is 11.2. The van der Waals surface area contributed by atoms with E-state index in [1.54, 1.807) is 13.1 Å². The Balaban J connectivity index is 0.000000463. The van der Waals surface area contributed by atoms with Crippen LogP contribution in [0, 0.1) is 0 Å². The molecule has 1 heterocycles. The Hall–Kier alpha value is -2.83. The molecule has 7 nitrogen and oxygen atoms in total. The van der Waals surface area contributed by atoms with Crippen molar-refractivity contribution in [2.45, 2.75) is 32.7 Å². The number of carboxylic acids is 1. The van der Waals surface area contributed by atoms with Gasteiger partial charge in [-0.25, -0.2) is 4.79 Å². The Morgan fingerprint density at radius 1 is 1.30 bits per heavy atom. The molecule has 0 aliphatic heterocycles. The van der Waals surface area contributed by atoms with Crippen molar-refractivity contribution >= 4 is 28.7 Å². The number of benzene rings is 1. The van der Waals surface area contributed by atoms with Crippen molar-refractivity contribution in [1.29, 1.82) is 0 Å². The smallest absolute Gasteiger partial charge is 0.326 e. The largest absolute Gasteiger partial charge is 0.480 e. The number of carboxylic acid groups (broad SMARTS) is 1. The van der Waals surface area contributed by atoms with Gasteiger partial charge in [-0.2, -0.15) is 0 Å². The minimum Gasteiger partial charge on any atom is -0.480 e. The number of hydrogen-bond acceptors (Lipinski definition) is 3. The van der Waals surface area contributed by atoms with Gasteiger partial charge in [0.05, 0.1) is 0 Å². The van der Waals surface area contributed by atoms with Gasteiger partial charge in [0.25, 0.3) is 0 Å². The third-order valence-electron chi connectivity index (χ3n) is 3.12. The molecule has 0 spiro atoms. The molecule has 0 saturated carbocycles. The van der Waals surface area contributed by atoms with Crippen LogP contribution in [-0.2, 0) is 20.8 Å². The third-order valence-corrected chi connectivity index (χ3v) is 3.12. The number of fused-ring (bicyclic) bond motifs is 1. The van der Waals surface area contributed by atoms with E-state index in [0.29, 0.717) is 6.42 Å². The summed E-state index contributed by atoms with van der Waals surface area (Å²) in [6, 6.07) is 6.75. The number of aromatic nitrogens is 1. The lowest BCUT2D eigenvalue weighted by Gasteiger charge is -2.12. The number of nitrogens with two attached hydrogens (primary N) is 1. The Morgan fingerprint density at radius 2 is 1.91 bits per heavy atom. The number of rotatable bonds is 5. The molecule has 5 N–H and O–H groups in total. The molecule has 124 valence electrons. The molecule has 23 heavy (non-hydrogen) atoms. The average molecular weight is 319 g/mol. The Kier molecular flexibility index (Phi) is 6.79. The van der Waals surface area contributed by atoms with Gasteiger partial charge in [0.1, 0.15) is 6.04 Å². The molecule has 1 aromatic heterocycles. The van der Waals surface area contributed by atoms with E-state index in [9.17, 15) is 14.4 Å². The lowest BCUT2D eigenvalue weighted by atomic mass is 10.1. The van der Waals surface area contributed by atoms with Gasteiger partial charge < -0.3 is 21.1 Å². The Labute approximate surface area is 133 Å². The minimum atomic E-state index is -1.03. The highest BCUT2D eigenvalue weighted by molar-refractivity contribution is 5.86. The van der Waals surface area contributed by atoms with Crippen molar-refractivity contribution in [3.05, 3.63) is 36.0 Å². The molecule has 0 aliphatic carbocycles. The van der Waals surface area contributed by atoms with E-state index in [4.69, 9.17) is 5.11 Å². The number of amides is 2. The maximum absolute atomic E-state index is 11.1. The van der Waals surface area contributed by atoms with Crippen molar-refractivity contribution in [2.75, 3.05) is 0 Å². The van der Waals surface area contributed by atoms with Gasteiger partial charge >= 0.3 is 5.97 Å². The zero-order valence-electron chi connectivity index (χ0n) is 13.1. The van der Waals surface area contributed by atoms with Crippen molar-refractivity contribution < 1.29 is 19.5 Å². The van der Waals surface area contributed by atoms with Crippen LogP contribution in [-0.4, -0.2) is 33.9 Å². The van der Waals surface area contributed by atoms with Gasteiger partial charge in [0, 0.05) is 36.9 Å². The fraction of sp³-hybridized carbons (Fsp3) is 0.312. The van der Waals surface area contributed by atoms with E-state index < -0.39 is 12.0 Å². The monoisotopic (exact) mass is 319 g/mol. The van der Waals surface area contributed by atoms with Crippen molar-refractivity contribution in [1.82, 2.24) is 10.3 Å². The summed E-state index contributed by atoms with van der Waals surface area (Å²) < 4.78 is 0. The molecular weight excluding hydrogens is 298 g/mol. The molecule has 1 aromatic carbocycles. The molecule has 1 atom stereocenters. The third kappa shape index (κ3) is 5.82. The fourth-order valence-electron chi connectivity index (χ4n) is 1.97. The summed E-state index contributed by atoms with van der Waals surface area (Å²) in [5.74, 6) is -1.62. The first-order valence-electron chi connectivity index (χ1n) is 7.18. The molecule has 0 radical (unpaired) electrons.